The van der Waals surface area contributed by atoms with Gasteiger partial charge in [0.25, 0.3) is 0 Å². The Morgan fingerprint density at radius 1 is 1.45 bits per heavy atom. The van der Waals surface area contributed by atoms with Gasteiger partial charge < -0.3 is 15.8 Å². The number of thioether (sulfide) groups is 1. The predicted octanol–water partition coefficient (Wildman–Crippen LogP) is 0.755. The van der Waals surface area contributed by atoms with Crippen molar-refractivity contribution >= 4 is 17.7 Å². The first-order valence-electron chi connectivity index (χ1n) is 7.57. The Hall–Kier alpha value is -0.460. The maximum Gasteiger partial charge on any atom is 0.188 e. The molecular formula is C14H28N4OS. The van der Waals surface area contributed by atoms with Crippen LogP contribution in [0.15, 0.2) is 4.99 Å². The van der Waals surface area contributed by atoms with Gasteiger partial charge >= 0.3 is 0 Å². The number of rotatable bonds is 5. The molecule has 0 aromatic heterocycles. The zero-order chi connectivity index (χ0) is 14.4. The van der Waals surface area contributed by atoms with Gasteiger partial charge in [-0.15, -0.1) is 0 Å². The molecule has 20 heavy (non-hydrogen) atoms. The summed E-state index contributed by atoms with van der Waals surface area (Å²) >= 11 is 2.03. The third-order valence-corrected chi connectivity index (χ3v) is 5.23. The molecule has 0 saturated carbocycles. The number of morpholine rings is 1. The second-order valence-electron chi connectivity index (χ2n) is 6.10. The minimum Gasteiger partial charge on any atom is -0.379 e. The summed E-state index contributed by atoms with van der Waals surface area (Å²) in [5.41, 5.74) is 6.17. The summed E-state index contributed by atoms with van der Waals surface area (Å²) < 4.78 is 5.47. The molecule has 2 aliphatic heterocycles. The molecule has 0 aromatic rings. The van der Waals surface area contributed by atoms with Gasteiger partial charge in [0.2, 0.25) is 0 Å². The molecular weight excluding hydrogens is 272 g/mol. The fourth-order valence-electron chi connectivity index (χ4n) is 2.71. The van der Waals surface area contributed by atoms with Crippen molar-refractivity contribution in [2.75, 3.05) is 50.9 Å². The number of nitrogens with two attached hydrogens (primary N) is 1. The second-order valence-corrected chi connectivity index (χ2v) is 7.21. The predicted molar refractivity (Wildman–Crippen MR) is 86.4 cm³/mol. The molecule has 2 fully saturated rings. The van der Waals surface area contributed by atoms with Crippen molar-refractivity contribution < 1.29 is 4.74 Å². The van der Waals surface area contributed by atoms with E-state index in [1.165, 1.54) is 12.2 Å². The van der Waals surface area contributed by atoms with Crippen molar-refractivity contribution in [3.05, 3.63) is 0 Å². The highest BCUT2D eigenvalue weighted by molar-refractivity contribution is 7.99. The molecule has 0 aliphatic carbocycles. The molecule has 116 valence electrons. The Morgan fingerprint density at radius 3 is 2.80 bits per heavy atom. The van der Waals surface area contributed by atoms with E-state index < -0.39 is 0 Å². The normalized spacial score (nSPS) is 29.1. The topological polar surface area (TPSA) is 62.9 Å². The molecule has 2 saturated heterocycles. The average Bonchev–Trinajstić information content (AvgIpc) is 2.94. The summed E-state index contributed by atoms with van der Waals surface area (Å²) in [5.74, 6) is 3.56. The number of guanidine groups is 1. The number of nitrogens with zero attached hydrogens (tertiary/aromatic N) is 2. The van der Waals surface area contributed by atoms with Gasteiger partial charge in [0.15, 0.2) is 5.96 Å². The number of ether oxygens (including phenoxy) is 1. The van der Waals surface area contributed by atoms with E-state index in [4.69, 9.17) is 10.5 Å². The van der Waals surface area contributed by atoms with Crippen molar-refractivity contribution in [2.24, 2.45) is 16.6 Å². The van der Waals surface area contributed by atoms with Crippen LogP contribution < -0.4 is 11.1 Å². The minimum absolute atomic E-state index is 0.193. The number of aliphatic imine (C=N–C) groups is 1. The van der Waals surface area contributed by atoms with Crippen molar-refractivity contribution in [3.8, 4) is 0 Å². The summed E-state index contributed by atoms with van der Waals surface area (Å²) in [5, 5.41) is 3.20. The Kier molecular flexibility index (Phi) is 5.99. The van der Waals surface area contributed by atoms with Crippen molar-refractivity contribution in [1.82, 2.24) is 10.2 Å². The zero-order valence-electron chi connectivity index (χ0n) is 12.7. The smallest absolute Gasteiger partial charge is 0.188 e. The summed E-state index contributed by atoms with van der Waals surface area (Å²) in [4.78, 5) is 7.18. The number of hydrogen-bond donors (Lipinski definition) is 2. The number of hydrogen-bond acceptors (Lipinski definition) is 4. The first kappa shape index (κ1) is 15.9. The van der Waals surface area contributed by atoms with Crippen LogP contribution in [0.3, 0.4) is 0 Å². The van der Waals surface area contributed by atoms with E-state index in [0.29, 0.717) is 11.9 Å². The fourth-order valence-corrected chi connectivity index (χ4v) is 4.17. The monoisotopic (exact) mass is 300 g/mol. The molecule has 0 bridgehead atoms. The molecule has 0 radical (unpaired) electrons. The molecule has 1 atom stereocenters. The fraction of sp³-hybridized carbons (Fsp3) is 0.929. The molecule has 0 spiro atoms. The molecule has 3 N–H and O–H groups in total. The highest BCUT2D eigenvalue weighted by atomic mass is 32.2. The zero-order valence-corrected chi connectivity index (χ0v) is 13.5. The van der Waals surface area contributed by atoms with Gasteiger partial charge in [0.05, 0.1) is 25.3 Å². The van der Waals surface area contributed by atoms with E-state index in [1.54, 1.807) is 0 Å². The van der Waals surface area contributed by atoms with Gasteiger partial charge in [-0.1, -0.05) is 13.8 Å². The van der Waals surface area contributed by atoms with Crippen LogP contribution >= 0.6 is 11.8 Å². The lowest BCUT2D eigenvalue weighted by Gasteiger charge is -2.42. The maximum atomic E-state index is 5.98. The maximum absolute atomic E-state index is 5.98. The standard InChI is InChI=1S/C14H28N4OS/c1-12(2)9-16-13(15)17-10-14(3-8-20-11-14)18-4-6-19-7-5-18/h12H,3-11H2,1-2H3,(H3,15,16,17). The lowest BCUT2D eigenvalue weighted by molar-refractivity contribution is -0.0104. The van der Waals surface area contributed by atoms with Gasteiger partial charge in [-0.2, -0.15) is 11.8 Å². The second kappa shape index (κ2) is 7.52. The van der Waals surface area contributed by atoms with Crippen LogP contribution in [0, 0.1) is 5.92 Å². The third kappa shape index (κ3) is 4.27. The highest BCUT2D eigenvalue weighted by Crippen LogP contribution is 2.34. The Bertz CT molecular complexity index is 323. The van der Waals surface area contributed by atoms with Crippen molar-refractivity contribution in [2.45, 2.75) is 25.8 Å². The van der Waals surface area contributed by atoms with Gasteiger partial charge in [0.1, 0.15) is 0 Å². The van der Waals surface area contributed by atoms with Crippen LogP contribution in [0.2, 0.25) is 0 Å². The minimum atomic E-state index is 0.193. The molecule has 5 nitrogen and oxygen atoms in total. The first-order chi connectivity index (χ1) is 9.62. The van der Waals surface area contributed by atoms with Gasteiger partial charge in [-0.25, -0.2) is 0 Å². The summed E-state index contributed by atoms with van der Waals surface area (Å²) in [6.45, 7) is 9.76. The van der Waals surface area contributed by atoms with Crippen molar-refractivity contribution in [3.63, 3.8) is 0 Å². The lowest BCUT2D eigenvalue weighted by atomic mass is 9.96. The molecule has 0 aromatic carbocycles. The summed E-state index contributed by atoms with van der Waals surface area (Å²) in [6.07, 6.45) is 1.21. The van der Waals surface area contributed by atoms with E-state index in [1.807, 2.05) is 11.8 Å². The SMILES string of the molecule is CC(C)CNC(N)=NCC1(N2CCOCC2)CCSC1. The van der Waals surface area contributed by atoms with Crippen molar-refractivity contribution in [1.29, 1.82) is 0 Å². The Labute approximate surface area is 126 Å². The molecule has 6 heteroatoms. The Morgan fingerprint density at radius 2 is 2.20 bits per heavy atom. The van der Waals surface area contributed by atoms with E-state index in [9.17, 15) is 0 Å². The third-order valence-electron chi connectivity index (χ3n) is 4.00. The van der Waals surface area contributed by atoms with Crippen LogP contribution in [0.5, 0.6) is 0 Å². The molecule has 2 rings (SSSR count). The molecule has 0 amide bonds. The first-order valence-corrected chi connectivity index (χ1v) is 8.72. The van der Waals surface area contributed by atoms with Gasteiger partial charge in [-0.3, -0.25) is 9.89 Å². The summed E-state index contributed by atoms with van der Waals surface area (Å²) in [7, 11) is 0. The van der Waals surface area contributed by atoms with Crippen LogP contribution in [0.4, 0.5) is 0 Å². The lowest BCUT2D eigenvalue weighted by Crippen LogP contribution is -2.56. The summed E-state index contributed by atoms with van der Waals surface area (Å²) in [6, 6.07) is 0. The molecule has 2 heterocycles. The number of nitrogens with one attached hydrogen (secondary N) is 1. The van der Waals surface area contributed by atoms with Crippen LogP contribution in [0.1, 0.15) is 20.3 Å². The van der Waals surface area contributed by atoms with Crippen LogP contribution in [-0.4, -0.2) is 67.3 Å². The largest absolute Gasteiger partial charge is 0.379 e. The van der Waals surface area contributed by atoms with Gasteiger partial charge in [-0.05, 0) is 18.1 Å². The van der Waals surface area contributed by atoms with E-state index in [0.717, 1.165) is 45.1 Å². The quantitative estimate of drug-likeness (QED) is 0.580. The van der Waals surface area contributed by atoms with E-state index in [-0.39, 0.29) is 5.54 Å². The van der Waals surface area contributed by atoms with E-state index >= 15 is 0 Å². The Balaban J connectivity index is 1.93. The highest BCUT2D eigenvalue weighted by Gasteiger charge is 2.40. The van der Waals surface area contributed by atoms with Crippen LogP contribution in [0.25, 0.3) is 0 Å². The molecule has 2 aliphatic rings. The molecule has 1 unspecified atom stereocenters. The average molecular weight is 300 g/mol. The van der Waals surface area contributed by atoms with Crippen LogP contribution in [-0.2, 0) is 4.74 Å². The van der Waals surface area contributed by atoms with Gasteiger partial charge in [0, 0.05) is 25.4 Å². The van der Waals surface area contributed by atoms with E-state index in [2.05, 4.69) is 29.1 Å².